The first-order chi connectivity index (χ1) is 9.36. The van der Waals surface area contributed by atoms with Crippen LogP contribution in [-0.2, 0) is 16.6 Å². The van der Waals surface area contributed by atoms with E-state index >= 15 is 0 Å². The minimum Gasteiger partial charge on any atom is -0.316 e. The van der Waals surface area contributed by atoms with Crippen LogP contribution in [0, 0.1) is 11.8 Å². The molecule has 0 saturated heterocycles. The molecule has 0 radical (unpaired) electrons. The molecule has 1 aliphatic rings. The smallest absolute Gasteiger partial charge is 0.244 e. The van der Waals surface area contributed by atoms with Gasteiger partial charge in [0, 0.05) is 20.1 Å². The predicted molar refractivity (Wildman–Crippen MR) is 81.3 cm³/mol. The van der Waals surface area contributed by atoms with Crippen LogP contribution in [0.15, 0.2) is 23.1 Å². The molecular formula is C14H21ClN2O2S. The Hall–Kier alpha value is -0.620. The third kappa shape index (κ3) is 3.34. The highest BCUT2D eigenvalue weighted by atomic mass is 35.5. The van der Waals surface area contributed by atoms with E-state index in [0.717, 1.165) is 12.0 Å². The van der Waals surface area contributed by atoms with Crippen molar-refractivity contribution in [3.63, 3.8) is 0 Å². The fraction of sp³-hybridized carbons (Fsp3) is 0.571. The second kappa shape index (κ2) is 6.02. The summed E-state index contributed by atoms with van der Waals surface area (Å²) in [5.74, 6) is 1.10. The number of nitrogens with zero attached hydrogens (tertiary/aromatic N) is 1. The lowest BCUT2D eigenvalue weighted by molar-refractivity contribution is 0.444. The summed E-state index contributed by atoms with van der Waals surface area (Å²) in [4.78, 5) is 0.197. The lowest BCUT2D eigenvalue weighted by Gasteiger charge is -2.18. The fourth-order valence-electron chi connectivity index (χ4n) is 2.31. The Morgan fingerprint density at radius 2 is 2.10 bits per heavy atom. The van der Waals surface area contributed by atoms with E-state index in [1.54, 1.807) is 19.2 Å². The molecule has 1 aliphatic carbocycles. The number of sulfonamides is 1. The fourth-order valence-corrected chi connectivity index (χ4v) is 4.06. The van der Waals surface area contributed by atoms with Gasteiger partial charge in [0.1, 0.15) is 4.90 Å². The van der Waals surface area contributed by atoms with Gasteiger partial charge in [0.15, 0.2) is 0 Å². The maximum atomic E-state index is 12.6. The third-order valence-corrected chi connectivity index (χ3v) is 6.14. The van der Waals surface area contributed by atoms with Gasteiger partial charge in [0.05, 0.1) is 5.02 Å². The number of rotatable bonds is 6. The summed E-state index contributed by atoms with van der Waals surface area (Å²) >= 11 is 6.08. The maximum absolute atomic E-state index is 12.6. The first kappa shape index (κ1) is 15.8. The standard InChI is InChI=1S/C14H21ClN2O2S/c1-10-6-12(10)9-17(3)20(18,19)14-7-11(8-16-2)4-5-13(14)15/h4-5,7,10,12,16H,6,8-9H2,1-3H3. The zero-order valence-electron chi connectivity index (χ0n) is 12.1. The molecule has 1 fully saturated rings. The minimum atomic E-state index is -3.52. The number of hydrogen-bond acceptors (Lipinski definition) is 3. The Bertz CT molecular complexity index is 589. The molecule has 1 saturated carbocycles. The largest absolute Gasteiger partial charge is 0.316 e. The Morgan fingerprint density at radius 3 is 2.65 bits per heavy atom. The molecule has 2 rings (SSSR count). The summed E-state index contributed by atoms with van der Waals surface area (Å²) in [6, 6.07) is 5.14. The first-order valence-electron chi connectivity index (χ1n) is 6.75. The van der Waals surface area contributed by atoms with E-state index in [9.17, 15) is 8.42 Å². The summed E-state index contributed by atoms with van der Waals surface area (Å²) in [7, 11) is -0.0661. The van der Waals surface area contributed by atoms with E-state index < -0.39 is 10.0 Å². The van der Waals surface area contributed by atoms with Gasteiger partial charge in [-0.3, -0.25) is 0 Å². The summed E-state index contributed by atoms with van der Waals surface area (Å²) in [6.45, 7) is 3.32. The molecule has 0 bridgehead atoms. The van der Waals surface area contributed by atoms with Gasteiger partial charge in [-0.15, -0.1) is 0 Å². The molecular weight excluding hydrogens is 296 g/mol. The molecule has 1 aromatic rings. The van der Waals surface area contributed by atoms with Gasteiger partial charge in [-0.2, -0.15) is 0 Å². The Labute approximate surface area is 126 Å². The second-order valence-electron chi connectivity index (χ2n) is 5.55. The molecule has 112 valence electrons. The van der Waals surface area contributed by atoms with Crippen molar-refractivity contribution < 1.29 is 8.42 Å². The van der Waals surface area contributed by atoms with Crippen molar-refractivity contribution in [1.29, 1.82) is 0 Å². The van der Waals surface area contributed by atoms with Crippen molar-refractivity contribution in [2.75, 3.05) is 20.6 Å². The lowest BCUT2D eigenvalue weighted by atomic mass is 10.2. The van der Waals surface area contributed by atoms with Crippen molar-refractivity contribution in [1.82, 2.24) is 9.62 Å². The van der Waals surface area contributed by atoms with Crippen LogP contribution in [0.5, 0.6) is 0 Å². The average molecular weight is 317 g/mol. The number of halogens is 1. The molecule has 0 aliphatic heterocycles. The van der Waals surface area contributed by atoms with Crippen LogP contribution in [0.4, 0.5) is 0 Å². The molecule has 1 N–H and O–H groups in total. The highest BCUT2D eigenvalue weighted by molar-refractivity contribution is 7.89. The minimum absolute atomic E-state index is 0.197. The molecule has 0 aromatic heterocycles. The summed E-state index contributed by atoms with van der Waals surface area (Å²) in [5, 5.41) is 3.29. The van der Waals surface area contributed by atoms with Crippen LogP contribution in [0.1, 0.15) is 18.9 Å². The number of hydrogen-bond donors (Lipinski definition) is 1. The Balaban J connectivity index is 2.25. The highest BCUT2D eigenvalue weighted by Crippen LogP contribution is 2.39. The van der Waals surface area contributed by atoms with E-state index in [2.05, 4.69) is 12.2 Å². The van der Waals surface area contributed by atoms with Crippen LogP contribution < -0.4 is 5.32 Å². The molecule has 2 unspecified atom stereocenters. The van der Waals surface area contributed by atoms with Crippen molar-refractivity contribution in [2.45, 2.75) is 24.8 Å². The summed E-state index contributed by atoms with van der Waals surface area (Å²) < 4.78 is 26.6. The van der Waals surface area contributed by atoms with Gasteiger partial charge in [-0.05, 0) is 43.0 Å². The van der Waals surface area contributed by atoms with Crippen LogP contribution >= 0.6 is 11.6 Å². The Kier molecular flexibility index (Phi) is 4.74. The van der Waals surface area contributed by atoms with Gasteiger partial charge in [-0.1, -0.05) is 24.6 Å². The monoisotopic (exact) mass is 316 g/mol. The molecule has 0 amide bonds. The molecule has 1 aromatic carbocycles. The summed E-state index contributed by atoms with van der Waals surface area (Å²) in [6.07, 6.45) is 1.10. The van der Waals surface area contributed by atoms with E-state index in [-0.39, 0.29) is 9.92 Å². The molecule has 6 heteroatoms. The summed E-state index contributed by atoms with van der Waals surface area (Å²) in [5.41, 5.74) is 0.906. The van der Waals surface area contributed by atoms with E-state index in [4.69, 9.17) is 11.6 Å². The molecule has 0 heterocycles. The van der Waals surface area contributed by atoms with Gasteiger partial charge >= 0.3 is 0 Å². The first-order valence-corrected chi connectivity index (χ1v) is 8.57. The van der Waals surface area contributed by atoms with Gasteiger partial charge in [0.2, 0.25) is 10.0 Å². The van der Waals surface area contributed by atoms with E-state index in [1.165, 1.54) is 4.31 Å². The molecule has 20 heavy (non-hydrogen) atoms. The molecule has 0 spiro atoms. The second-order valence-corrected chi connectivity index (χ2v) is 7.97. The van der Waals surface area contributed by atoms with Gasteiger partial charge in [0.25, 0.3) is 0 Å². The van der Waals surface area contributed by atoms with Crippen LogP contribution in [0.2, 0.25) is 5.02 Å². The van der Waals surface area contributed by atoms with Crippen LogP contribution in [0.25, 0.3) is 0 Å². The van der Waals surface area contributed by atoms with Crippen LogP contribution in [-0.4, -0.2) is 33.4 Å². The third-order valence-electron chi connectivity index (χ3n) is 3.83. The van der Waals surface area contributed by atoms with E-state index in [0.29, 0.717) is 24.9 Å². The zero-order valence-corrected chi connectivity index (χ0v) is 13.6. The molecule has 2 atom stereocenters. The average Bonchev–Trinajstić information content (AvgIpc) is 3.07. The van der Waals surface area contributed by atoms with Crippen molar-refractivity contribution >= 4 is 21.6 Å². The normalized spacial score (nSPS) is 22.2. The highest BCUT2D eigenvalue weighted by Gasteiger charge is 2.36. The topological polar surface area (TPSA) is 49.4 Å². The van der Waals surface area contributed by atoms with Crippen LogP contribution in [0.3, 0.4) is 0 Å². The van der Waals surface area contributed by atoms with Crippen molar-refractivity contribution in [3.05, 3.63) is 28.8 Å². The van der Waals surface area contributed by atoms with Gasteiger partial charge < -0.3 is 5.32 Å². The number of benzene rings is 1. The van der Waals surface area contributed by atoms with E-state index in [1.807, 2.05) is 13.1 Å². The Morgan fingerprint density at radius 1 is 1.45 bits per heavy atom. The van der Waals surface area contributed by atoms with Crippen molar-refractivity contribution in [3.8, 4) is 0 Å². The zero-order chi connectivity index (χ0) is 14.9. The van der Waals surface area contributed by atoms with Crippen molar-refractivity contribution in [2.24, 2.45) is 11.8 Å². The quantitative estimate of drug-likeness (QED) is 0.876. The van der Waals surface area contributed by atoms with Gasteiger partial charge in [-0.25, -0.2) is 12.7 Å². The SMILES string of the molecule is CNCc1ccc(Cl)c(S(=O)(=O)N(C)CC2CC2C)c1. The maximum Gasteiger partial charge on any atom is 0.244 e. The number of nitrogens with one attached hydrogen (secondary N) is 1. The molecule has 4 nitrogen and oxygen atoms in total. The lowest BCUT2D eigenvalue weighted by Crippen LogP contribution is -2.29. The predicted octanol–water partition coefficient (Wildman–Crippen LogP) is 2.34.